The van der Waals surface area contributed by atoms with Crippen LogP contribution in [0.3, 0.4) is 0 Å². The monoisotopic (exact) mass is 250 g/mol. The Morgan fingerprint density at radius 3 is 2.88 bits per heavy atom. The van der Waals surface area contributed by atoms with Crippen molar-refractivity contribution in [2.24, 2.45) is 17.8 Å². The van der Waals surface area contributed by atoms with Crippen molar-refractivity contribution < 1.29 is 0 Å². The second kappa shape index (κ2) is 5.07. The SMILES string of the molecule is CCCNC(Cc1cncs1)C1CC2CC2C1. The molecule has 0 bridgehead atoms. The zero-order chi connectivity index (χ0) is 11.7. The van der Waals surface area contributed by atoms with E-state index >= 15 is 0 Å². The molecule has 3 atom stereocenters. The Bertz CT molecular complexity index is 339. The molecule has 2 saturated carbocycles. The summed E-state index contributed by atoms with van der Waals surface area (Å²) in [5.41, 5.74) is 1.96. The van der Waals surface area contributed by atoms with Crippen LogP contribution in [0.2, 0.25) is 0 Å². The Hall–Kier alpha value is -0.410. The highest BCUT2D eigenvalue weighted by Gasteiger charge is 2.47. The van der Waals surface area contributed by atoms with E-state index in [0.29, 0.717) is 6.04 Å². The molecule has 2 fully saturated rings. The molecule has 3 heteroatoms. The van der Waals surface area contributed by atoms with E-state index in [1.807, 2.05) is 11.7 Å². The molecule has 3 unspecified atom stereocenters. The lowest BCUT2D eigenvalue weighted by molar-refractivity contribution is 0.333. The number of nitrogens with one attached hydrogen (secondary N) is 1. The Balaban J connectivity index is 1.59. The van der Waals surface area contributed by atoms with Crippen molar-refractivity contribution in [2.45, 2.75) is 45.1 Å². The molecule has 0 aromatic carbocycles. The summed E-state index contributed by atoms with van der Waals surface area (Å²) in [5, 5.41) is 3.77. The fourth-order valence-electron chi connectivity index (χ4n) is 3.39. The molecule has 2 aliphatic carbocycles. The topological polar surface area (TPSA) is 24.9 Å². The maximum Gasteiger partial charge on any atom is 0.0794 e. The molecule has 0 aliphatic heterocycles. The molecular weight excluding hydrogens is 228 g/mol. The average molecular weight is 250 g/mol. The first-order valence-corrected chi connectivity index (χ1v) is 7.85. The number of nitrogens with zero attached hydrogens (tertiary/aromatic N) is 1. The van der Waals surface area contributed by atoms with Crippen molar-refractivity contribution in [3.63, 3.8) is 0 Å². The molecule has 1 heterocycles. The second-order valence-electron chi connectivity index (χ2n) is 5.72. The van der Waals surface area contributed by atoms with Crippen LogP contribution in [-0.2, 0) is 6.42 Å². The lowest BCUT2D eigenvalue weighted by atomic mass is 9.91. The fourth-order valence-corrected chi connectivity index (χ4v) is 4.04. The van der Waals surface area contributed by atoms with Crippen molar-refractivity contribution >= 4 is 11.3 Å². The van der Waals surface area contributed by atoms with Gasteiger partial charge in [-0.3, -0.25) is 4.98 Å². The molecule has 0 amide bonds. The minimum atomic E-state index is 0.697. The van der Waals surface area contributed by atoms with Crippen LogP contribution in [0, 0.1) is 17.8 Å². The molecule has 3 rings (SSSR count). The summed E-state index contributed by atoms with van der Waals surface area (Å²) in [6.07, 6.45) is 8.95. The van der Waals surface area contributed by atoms with E-state index in [0.717, 1.165) is 24.3 Å². The predicted molar refractivity (Wildman–Crippen MR) is 72.2 cm³/mol. The maximum absolute atomic E-state index is 4.20. The van der Waals surface area contributed by atoms with Crippen LogP contribution < -0.4 is 5.32 Å². The van der Waals surface area contributed by atoms with Gasteiger partial charge in [-0.15, -0.1) is 11.3 Å². The number of fused-ring (bicyclic) bond motifs is 1. The molecule has 1 aromatic heterocycles. The molecule has 0 spiro atoms. The van der Waals surface area contributed by atoms with E-state index in [1.54, 1.807) is 11.3 Å². The summed E-state index contributed by atoms with van der Waals surface area (Å²) in [7, 11) is 0. The maximum atomic E-state index is 4.20. The summed E-state index contributed by atoms with van der Waals surface area (Å²) < 4.78 is 0. The summed E-state index contributed by atoms with van der Waals surface area (Å²) in [4.78, 5) is 5.64. The normalized spacial score (nSPS) is 32.4. The van der Waals surface area contributed by atoms with Gasteiger partial charge in [-0.25, -0.2) is 0 Å². The highest BCUT2D eigenvalue weighted by molar-refractivity contribution is 7.09. The third-order valence-electron chi connectivity index (χ3n) is 4.41. The van der Waals surface area contributed by atoms with Gasteiger partial charge in [-0.1, -0.05) is 6.92 Å². The first kappa shape index (κ1) is 11.7. The van der Waals surface area contributed by atoms with Gasteiger partial charge >= 0.3 is 0 Å². The van der Waals surface area contributed by atoms with E-state index in [4.69, 9.17) is 0 Å². The zero-order valence-corrected chi connectivity index (χ0v) is 11.4. The molecular formula is C14H22N2S. The van der Waals surface area contributed by atoms with Crippen LogP contribution >= 0.6 is 11.3 Å². The van der Waals surface area contributed by atoms with Crippen LogP contribution in [0.4, 0.5) is 0 Å². The van der Waals surface area contributed by atoms with Gasteiger partial charge in [0.2, 0.25) is 0 Å². The third-order valence-corrected chi connectivity index (χ3v) is 5.21. The van der Waals surface area contributed by atoms with Gasteiger partial charge in [0.1, 0.15) is 0 Å². The van der Waals surface area contributed by atoms with Crippen molar-refractivity contribution in [1.29, 1.82) is 0 Å². The van der Waals surface area contributed by atoms with Gasteiger partial charge in [0.05, 0.1) is 5.51 Å². The lowest BCUT2D eigenvalue weighted by Gasteiger charge is -2.25. The standard InChI is InChI=1S/C14H22N2S/c1-2-3-16-14(7-13-8-15-9-17-13)12-5-10-4-11(10)6-12/h8-12,14,16H,2-7H2,1H3. The summed E-state index contributed by atoms with van der Waals surface area (Å²) in [6, 6.07) is 0.697. The van der Waals surface area contributed by atoms with E-state index in [1.165, 1.54) is 37.0 Å². The summed E-state index contributed by atoms with van der Waals surface area (Å²) in [6.45, 7) is 3.41. The van der Waals surface area contributed by atoms with Crippen molar-refractivity contribution in [1.82, 2.24) is 10.3 Å². The number of hydrogen-bond donors (Lipinski definition) is 1. The van der Waals surface area contributed by atoms with Gasteiger partial charge in [-0.2, -0.15) is 0 Å². The minimum absolute atomic E-state index is 0.697. The number of aromatic nitrogens is 1. The first-order valence-electron chi connectivity index (χ1n) is 6.97. The predicted octanol–water partition coefficient (Wildman–Crippen LogP) is 3.10. The van der Waals surface area contributed by atoms with Gasteiger partial charge in [0, 0.05) is 17.1 Å². The van der Waals surface area contributed by atoms with Crippen LogP contribution in [-0.4, -0.2) is 17.6 Å². The van der Waals surface area contributed by atoms with E-state index in [2.05, 4.69) is 17.2 Å². The molecule has 1 aromatic rings. The molecule has 2 nitrogen and oxygen atoms in total. The van der Waals surface area contributed by atoms with Crippen LogP contribution in [0.1, 0.15) is 37.5 Å². The van der Waals surface area contributed by atoms with Crippen LogP contribution in [0.15, 0.2) is 11.7 Å². The first-order chi connectivity index (χ1) is 8.36. The summed E-state index contributed by atoms with van der Waals surface area (Å²) in [5.74, 6) is 3.10. The average Bonchev–Trinajstić information content (AvgIpc) is 2.80. The number of thiazole rings is 1. The Kier molecular flexibility index (Phi) is 3.48. The smallest absolute Gasteiger partial charge is 0.0794 e. The Labute approximate surface area is 108 Å². The molecule has 0 saturated heterocycles. The van der Waals surface area contributed by atoms with Gasteiger partial charge in [0.25, 0.3) is 0 Å². The Morgan fingerprint density at radius 2 is 2.24 bits per heavy atom. The van der Waals surface area contributed by atoms with Gasteiger partial charge in [0.15, 0.2) is 0 Å². The Morgan fingerprint density at radius 1 is 1.41 bits per heavy atom. The van der Waals surface area contributed by atoms with Gasteiger partial charge in [-0.05, 0) is 56.4 Å². The number of hydrogen-bond acceptors (Lipinski definition) is 3. The van der Waals surface area contributed by atoms with Crippen molar-refractivity contribution in [3.8, 4) is 0 Å². The second-order valence-corrected chi connectivity index (χ2v) is 6.69. The lowest BCUT2D eigenvalue weighted by Crippen LogP contribution is -2.38. The van der Waals surface area contributed by atoms with Crippen LogP contribution in [0.5, 0.6) is 0 Å². The molecule has 94 valence electrons. The highest BCUT2D eigenvalue weighted by atomic mass is 32.1. The minimum Gasteiger partial charge on any atom is -0.313 e. The van der Waals surface area contributed by atoms with E-state index < -0.39 is 0 Å². The molecule has 0 radical (unpaired) electrons. The van der Waals surface area contributed by atoms with Crippen molar-refractivity contribution in [2.75, 3.05) is 6.54 Å². The van der Waals surface area contributed by atoms with Gasteiger partial charge < -0.3 is 5.32 Å². The molecule has 1 N–H and O–H groups in total. The quantitative estimate of drug-likeness (QED) is 0.839. The fraction of sp³-hybridized carbons (Fsp3) is 0.786. The van der Waals surface area contributed by atoms with Crippen LogP contribution in [0.25, 0.3) is 0 Å². The molecule has 2 aliphatic rings. The summed E-state index contributed by atoms with van der Waals surface area (Å²) >= 11 is 1.80. The third kappa shape index (κ3) is 2.71. The molecule has 17 heavy (non-hydrogen) atoms. The highest BCUT2D eigenvalue weighted by Crippen LogP contribution is 2.55. The van der Waals surface area contributed by atoms with E-state index in [-0.39, 0.29) is 0 Å². The zero-order valence-electron chi connectivity index (χ0n) is 10.6. The van der Waals surface area contributed by atoms with E-state index in [9.17, 15) is 0 Å². The van der Waals surface area contributed by atoms with Crippen molar-refractivity contribution in [3.05, 3.63) is 16.6 Å². The largest absolute Gasteiger partial charge is 0.313 e. The number of rotatable bonds is 6.